The number of hydrazine groups is 1. The van der Waals surface area contributed by atoms with E-state index in [-0.39, 0.29) is 17.9 Å². The Balaban J connectivity index is 1.39. The summed E-state index contributed by atoms with van der Waals surface area (Å²) in [5.74, 6) is 0.241. The van der Waals surface area contributed by atoms with E-state index >= 15 is 0 Å². The van der Waals surface area contributed by atoms with E-state index in [1.54, 1.807) is 11.3 Å². The largest absolute Gasteiger partial charge is 0.368 e. The van der Waals surface area contributed by atoms with E-state index in [0.29, 0.717) is 6.54 Å². The van der Waals surface area contributed by atoms with E-state index in [4.69, 9.17) is 0 Å². The molecule has 2 N–H and O–H groups in total. The van der Waals surface area contributed by atoms with Crippen LogP contribution in [-0.2, 0) is 4.79 Å². The van der Waals surface area contributed by atoms with Crippen LogP contribution in [0.15, 0.2) is 47.8 Å². The van der Waals surface area contributed by atoms with E-state index in [9.17, 15) is 4.79 Å². The summed E-state index contributed by atoms with van der Waals surface area (Å²) in [6.07, 6.45) is 0. The molecule has 2 aliphatic heterocycles. The summed E-state index contributed by atoms with van der Waals surface area (Å²) < 4.78 is 0. The molecule has 2 unspecified atom stereocenters. The van der Waals surface area contributed by atoms with Gasteiger partial charge in [-0.1, -0.05) is 24.3 Å². The van der Waals surface area contributed by atoms with Gasteiger partial charge < -0.3 is 9.80 Å². The zero-order chi connectivity index (χ0) is 16.4. The fraction of sp³-hybridized carbons (Fsp3) is 0.389. The second kappa shape index (κ2) is 6.93. The van der Waals surface area contributed by atoms with Gasteiger partial charge in [-0.15, -0.1) is 11.3 Å². The van der Waals surface area contributed by atoms with Crippen LogP contribution >= 0.6 is 11.3 Å². The minimum Gasteiger partial charge on any atom is -0.368 e. The molecule has 4 rings (SSSR count). The fourth-order valence-electron chi connectivity index (χ4n) is 3.52. The molecule has 5 nitrogen and oxygen atoms in total. The lowest BCUT2D eigenvalue weighted by molar-refractivity contribution is -0.135. The highest BCUT2D eigenvalue weighted by Crippen LogP contribution is 2.30. The summed E-state index contributed by atoms with van der Waals surface area (Å²) in [4.78, 5) is 18.6. The van der Waals surface area contributed by atoms with Crippen molar-refractivity contribution in [1.29, 1.82) is 0 Å². The normalized spacial score (nSPS) is 24.3. The predicted octanol–water partition coefficient (Wildman–Crippen LogP) is 1.86. The first-order valence-electron chi connectivity index (χ1n) is 8.43. The van der Waals surface area contributed by atoms with Gasteiger partial charge in [0.15, 0.2) is 0 Å². The van der Waals surface area contributed by atoms with Gasteiger partial charge in [0, 0.05) is 43.3 Å². The predicted molar refractivity (Wildman–Crippen MR) is 96.9 cm³/mol. The average molecular weight is 342 g/mol. The number of rotatable bonds is 3. The van der Waals surface area contributed by atoms with Gasteiger partial charge in [-0.3, -0.25) is 10.2 Å². The highest BCUT2D eigenvalue weighted by Gasteiger charge is 2.37. The molecule has 2 aromatic rings. The molecule has 126 valence electrons. The molecule has 2 aliphatic rings. The number of carbonyl (C=O) groups excluding carboxylic acids is 1. The van der Waals surface area contributed by atoms with Crippen LogP contribution in [0, 0.1) is 5.92 Å². The maximum absolute atomic E-state index is 13.0. The lowest BCUT2D eigenvalue weighted by Gasteiger charge is -2.37. The topological polar surface area (TPSA) is 47.6 Å². The molecule has 3 heterocycles. The molecular weight excluding hydrogens is 320 g/mol. The van der Waals surface area contributed by atoms with Crippen LogP contribution in [0.25, 0.3) is 0 Å². The van der Waals surface area contributed by atoms with Gasteiger partial charge in [-0.2, -0.15) is 0 Å². The number of nitrogens with one attached hydrogen (secondary N) is 2. The van der Waals surface area contributed by atoms with Gasteiger partial charge in [0.2, 0.25) is 5.91 Å². The monoisotopic (exact) mass is 342 g/mol. The second-order valence-corrected chi connectivity index (χ2v) is 7.25. The molecule has 1 amide bonds. The fourth-order valence-corrected chi connectivity index (χ4v) is 4.36. The van der Waals surface area contributed by atoms with Crippen molar-refractivity contribution >= 4 is 22.9 Å². The Labute approximate surface area is 146 Å². The van der Waals surface area contributed by atoms with E-state index in [1.165, 1.54) is 10.6 Å². The van der Waals surface area contributed by atoms with Crippen molar-refractivity contribution in [2.75, 3.05) is 37.6 Å². The standard InChI is InChI=1S/C18H22N4OS/c23-18(15-13-19-20-17(15)16-7-4-12-24-16)22-10-8-21(9-11-22)14-5-2-1-3-6-14/h1-7,12,15,17,19-20H,8-11,13H2. The lowest BCUT2D eigenvalue weighted by Crippen LogP contribution is -2.51. The zero-order valence-electron chi connectivity index (χ0n) is 13.5. The Morgan fingerprint density at radius 1 is 1.04 bits per heavy atom. The van der Waals surface area contributed by atoms with Crippen LogP contribution < -0.4 is 15.8 Å². The molecule has 2 atom stereocenters. The molecule has 0 bridgehead atoms. The van der Waals surface area contributed by atoms with Crippen molar-refractivity contribution in [3.8, 4) is 0 Å². The molecule has 24 heavy (non-hydrogen) atoms. The van der Waals surface area contributed by atoms with E-state index in [2.05, 4.69) is 51.5 Å². The Morgan fingerprint density at radius 2 is 1.83 bits per heavy atom. The minimum absolute atomic E-state index is 0.0214. The highest BCUT2D eigenvalue weighted by molar-refractivity contribution is 7.10. The number of hydrogen-bond acceptors (Lipinski definition) is 5. The summed E-state index contributed by atoms with van der Waals surface area (Å²) >= 11 is 1.70. The van der Waals surface area contributed by atoms with Crippen molar-refractivity contribution in [1.82, 2.24) is 15.8 Å². The molecule has 0 radical (unpaired) electrons. The number of benzene rings is 1. The smallest absolute Gasteiger partial charge is 0.229 e. The number of para-hydroxylation sites is 1. The van der Waals surface area contributed by atoms with Crippen LogP contribution in [0.3, 0.4) is 0 Å². The van der Waals surface area contributed by atoms with Gasteiger partial charge in [0.05, 0.1) is 12.0 Å². The number of hydrogen-bond donors (Lipinski definition) is 2. The first-order valence-corrected chi connectivity index (χ1v) is 9.31. The molecule has 6 heteroatoms. The molecule has 2 fully saturated rings. The lowest BCUT2D eigenvalue weighted by atomic mass is 9.98. The number of anilines is 1. The van der Waals surface area contributed by atoms with Crippen molar-refractivity contribution in [3.05, 3.63) is 52.7 Å². The summed E-state index contributed by atoms with van der Waals surface area (Å²) in [7, 11) is 0. The Hall–Kier alpha value is -1.89. The van der Waals surface area contributed by atoms with Crippen molar-refractivity contribution in [2.45, 2.75) is 6.04 Å². The third-order valence-electron chi connectivity index (χ3n) is 4.86. The van der Waals surface area contributed by atoms with Crippen LogP contribution in [-0.4, -0.2) is 43.5 Å². The number of amides is 1. The first kappa shape index (κ1) is 15.6. The summed E-state index contributed by atoms with van der Waals surface area (Å²) in [5.41, 5.74) is 7.67. The van der Waals surface area contributed by atoms with Crippen LogP contribution in [0.2, 0.25) is 0 Å². The van der Waals surface area contributed by atoms with Crippen LogP contribution in [0.1, 0.15) is 10.9 Å². The Kier molecular flexibility index (Phi) is 4.51. The molecule has 1 aromatic heterocycles. The molecule has 1 aromatic carbocycles. The number of piperazine rings is 1. The number of thiophene rings is 1. The van der Waals surface area contributed by atoms with E-state index in [1.807, 2.05) is 17.0 Å². The van der Waals surface area contributed by atoms with Gasteiger partial charge in [0.1, 0.15) is 0 Å². The Bertz CT molecular complexity index is 668. The Morgan fingerprint density at radius 3 is 2.54 bits per heavy atom. The van der Waals surface area contributed by atoms with Crippen LogP contribution in [0.5, 0.6) is 0 Å². The zero-order valence-corrected chi connectivity index (χ0v) is 14.3. The maximum Gasteiger partial charge on any atom is 0.229 e. The van der Waals surface area contributed by atoms with E-state index < -0.39 is 0 Å². The van der Waals surface area contributed by atoms with Gasteiger partial charge >= 0.3 is 0 Å². The minimum atomic E-state index is -0.0214. The summed E-state index contributed by atoms with van der Waals surface area (Å²) in [5, 5.41) is 2.06. The first-order chi connectivity index (χ1) is 11.8. The molecule has 0 aliphatic carbocycles. The highest BCUT2D eigenvalue weighted by atomic mass is 32.1. The van der Waals surface area contributed by atoms with Crippen molar-refractivity contribution < 1.29 is 4.79 Å². The van der Waals surface area contributed by atoms with Crippen LogP contribution in [0.4, 0.5) is 5.69 Å². The van der Waals surface area contributed by atoms with Gasteiger partial charge in [-0.25, -0.2) is 5.43 Å². The van der Waals surface area contributed by atoms with E-state index in [0.717, 1.165) is 26.2 Å². The summed E-state index contributed by atoms with van der Waals surface area (Å²) in [6.45, 7) is 4.07. The second-order valence-electron chi connectivity index (χ2n) is 6.27. The van der Waals surface area contributed by atoms with Crippen molar-refractivity contribution in [3.63, 3.8) is 0 Å². The quantitative estimate of drug-likeness (QED) is 0.894. The summed E-state index contributed by atoms with van der Waals surface area (Å²) in [6, 6.07) is 14.7. The van der Waals surface area contributed by atoms with Gasteiger partial charge in [0.25, 0.3) is 0 Å². The third kappa shape index (κ3) is 3.05. The molecule has 0 spiro atoms. The van der Waals surface area contributed by atoms with Crippen molar-refractivity contribution in [2.24, 2.45) is 5.92 Å². The molecular formula is C18H22N4OS. The third-order valence-corrected chi connectivity index (χ3v) is 5.82. The average Bonchev–Trinajstić information content (AvgIpc) is 3.33. The number of carbonyl (C=O) groups is 1. The van der Waals surface area contributed by atoms with Gasteiger partial charge in [-0.05, 0) is 23.6 Å². The molecule has 0 saturated carbocycles. The number of nitrogens with zero attached hydrogens (tertiary/aromatic N) is 2. The maximum atomic E-state index is 13.0. The molecule has 2 saturated heterocycles. The SMILES string of the molecule is O=C(C1CNNC1c1cccs1)N1CCN(c2ccccc2)CC1.